The minimum absolute atomic E-state index is 0.0103. The average molecular weight is 553 g/mol. The molecular formula is C27H26F2N6O3S. The largest absolute Gasteiger partial charge is 0.303 e. The summed E-state index contributed by atoms with van der Waals surface area (Å²) in [5.74, 6) is -3.02. The van der Waals surface area contributed by atoms with Gasteiger partial charge in [0.15, 0.2) is 11.6 Å². The molecule has 9 nitrogen and oxygen atoms in total. The van der Waals surface area contributed by atoms with Crippen LogP contribution < -0.4 is 4.90 Å². The number of carbonyl (C=O) groups is 1. The van der Waals surface area contributed by atoms with Crippen LogP contribution in [0.1, 0.15) is 61.4 Å². The first kappa shape index (κ1) is 26.8. The van der Waals surface area contributed by atoms with Crippen molar-refractivity contribution in [3.05, 3.63) is 77.6 Å². The summed E-state index contributed by atoms with van der Waals surface area (Å²) < 4.78 is 55.4. The second-order valence-corrected chi connectivity index (χ2v) is 11.6. The van der Waals surface area contributed by atoms with E-state index in [9.17, 15) is 22.0 Å². The number of hydrogen-bond donors (Lipinski definition) is 0. The van der Waals surface area contributed by atoms with Crippen LogP contribution in [0.4, 0.5) is 14.5 Å². The van der Waals surface area contributed by atoms with Gasteiger partial charge in [0.2, 0.25) is 15.9 Å². The molecule has 39 heavy (non-hydrogen) atoms. The molecule has 1 saturated heterocycles. The molecule has 0 N–H and O–H groups in total. The number of aromatic nitrogens is 3. The lowest BCUT2D eigenvalue weighted by Gasteiger charge is -2.40. The van der Waals surface area contributed by atoms with Crippen molar-refractivity contribution in [2.24, 2.45) is 0 Å². The van der Waals surface area contributed by atoms with Gasteiger partial charge in [0, 0.05) is 24.9 Å². The molecule has 0 unspecified atom stereocenters. The Labute approximate surface area is 225 Å². The van der Waals surface area contributed by atoms with Crippen LogP contribution in [-0.4, -0.2) is 46.2 Å². The minimum Gasteiger partial charge on any atom is -0.303 e. The molecule has 202 valence electrons. The summed E-state index contributed by atoms with van der Waals surface area (Å²) in [5.41, 5.74) is 1.17. The molecule has 0 bridgehead atoms. The zero-order chi connectivity index (χ0) is 27.6. The van der Waals surface area contributed by atoms with Crippen molar-refractivity contribution in [3.63, 3.8) is 0 Å². The maximum Gasteiger partial charge on any atom is 0.245 e. The van der Waals surface area contributed by atoms with Gasteiger partial charge >= 0.3 is 0 Å². The predicted octanol–water partition coefficient (Wildman–Crippen LogP) is 4.07. The van der Waals surface area contributed by atoms with Crippen LogP contribution in [0.25, 0.3) is 0 Å². The Hall–Kier alpha value is -3.82. The summed E-state index contributed by atoms with van der Waals surface area (Å²) in [4.78, 5) is 27.8. The molecule has 0 radical (unpaired) electrons. The second kappa shape index (κ2) is 11.1. The van der Waals surface area contributed by atoms with Gasteiger partial charge in [0.1, 0.15) is 12.1 Å². The third kappa shape index (κ3) is 5.37. The highest BCUT2D eigenvalue weighted by Gasteiger charge is 2.45. The van der Waals surface area contributed by atoms with E-state index in [0.717, 1.165) is 28.9 Å². The fourth-order valence-corrected chi connectivity index (χ4v) is 6.70. The SMILES string of the molecule is N#Cc1cc(S(=O)(=O)N2CC[C@@H]2C(=O)N(Cc2cnc(C3CCCCC3)cn2)c2cccnc2)cc(F)c1F. The van der Waals surface area contributed by atoms with Gasteiger partial charge in [-0.3, -0.25) is 19.7 Å². The van der Waals surface area contributed by atoms with Crippen molar-refractivity contribution in [1.82, 2.24) is 19.3 Å². The molecule has 5 rings (SSSR count). The summed E-state index contributed by atoms with van der Waals surface area (Å²) >= 11 is 0. The number of nitriles is 1. The van der Waals surface area contributed by atoms with Crippen LogP contribution in [0.3, 0.4) is 0 Å². The topological polar surface area (TPSA) is 120 Å². The van der Waals surface area contributed by atoms with Gasteiger partial charge < -0.3 is 4.90 Å². The third-order valence-corrected chi connectivity index (χ3v) is 9.16. The monoisotopic (exact) mass is 552 g/mol. The Morgan fingerprint density at radius 3 is 2.51 bits per heavy atom. The fourth-order valence-electron chi connectivity index (χ4n) is 5.04. The third-order valence-electron chi connectivity index (χ3n) is 7.28. The number of carbonyl (C=O) groups excluding carboxylic acids is 1. The van der Waals surface area contributed by atoms with Crippen molar-refractivity contribution in [1.29, 1.82) is 5.26 Å². The number of benzene rings is 1. The molecule has 1 aliphatic carbocycles. The van der Waals surface area contributed by atoms with E-state index in [0.29, 0.717) is 23.4 Å². The Morgan fingerprint density at radius 1 is 1.10 bits per heavy atom. The summed E-state index contributed by atoms with van der Waals surface area (Å²) in [6, 6.07) is 5.01. The standard InChI is InChI=1S/C27H26F2N6O3S/c28-23-12-22(11-19(13-30)26(23)29)39(37,38)35-10-8-25(35)27(36)34(21-7-4-9-31-15-21)17-20-14-33-24(16-32-20)18-5-2-1-3-6-18/h4,7,9,11-12,14-16,18,25H,1-3,5-6,8,10,17H2/t25-/m1/s1. The second-order valence-electron chi connectivity index (χ2n) is 9.70. The Kier molecular flexibility index (Phi) is 7.63. The normalized spacial score (nSPS) is 18.2. The Morgan fingerprint density at radius 2 is 1.90 bits per heavy atom. The minimum atomic E-state index is -4.39. The first-order chi connectivity index (χ1) is 18.8. The number of sulfonamides is 1. The highest BCUT2D eigenvalue weighted by molar-refractivity contribution is 7.89. The maximum absolute atomic E-state index is 14.0. The van der Waals surface area contributed by atoms with Gasteiger partial charge in [-0.15, -0.1) is 0 Å². The number of pyridine rings is 1. The molecule has 1 aliphatic heterocycles. The first-order valence-electron chi connectivity index (χ1n) is 12.7. The van der Waals surface area contributed by atoms with Gasteiger partial charge in [-0.05, 0) is 43.5 Å². The number of hydrogen-bond acceptors (Lipinski definition) is 7. The molecule has 2 aliphatic rings. The molecule has 2 fully saturated rings. The van der Waals surface area contributed by atoms with Crippen molar-refractivity contribution in [2.75, 3.05) is 11.4 Å². The average Bonchev–Trinajstić information content (AvgIpc) is 2.93. The van der Waals surface area contributed by atoms with Crippen LogP contribution in [0, 0.1) is 23.0 Å². The van der Waals surface area contributed by atoms with Gasteiger partial charge in [-0.2, -0.15) is 9.57 Å². The molecule has 0 spiro atoms. The summed E-state index contributed by atoms with van der Waals surface area (Å²) in [7, 11) is -4.39. The zero-order valence-corrected chi connectivity index (χ0v) is 21.8. The Bertz CT molecular complexity index is 1510. The first-order valence-corrected chi connectivity index (χ1v) is 14.2. The fraction of sp³-hybridized carbons (Fsp3) is 0.370. The number of anilines is 1. The highest BCUT2D eigenvalue weighted by Crippen LogP contribution is 2.33. The highest BCUT2D eigenvalue weighted by atomic mass is 32.2. The summed E-state index contributed by atoms with van der Waals surface area (Å²) in [6.07, 6.45) is 12.4. The molecule has 1 atom stereocenters. The Balaban J connectivity index is 1.40. The van der Waals surface area contributed by atoms with Crippen LogP contribution in [0.15, 0.2) is 53.9 Å². The van der Waals surface area contributed by atoms with Gasteiger partial charge in [-0.25, -0.2) is 17.2 Å². The van der Waals surface area contributed by atoms with E-state index >= 15 is 0 Å². The zero-order valence-electron chi connectivity index (χ0n) is 21.0. The molecule has 3 heterocycles. The van der Waals surface area contributed by atoms with Crippen molar-refractivity contribution < 1.29 is 22.0 Å². The summed E-state index contributed by atoms with van der Waals surface area (Å²) in [6.45, 7) is 0.0486. The van der Waals surface area contributed by atoms with E-state index < -0.39 is 44.1 Å². The van der Waals surface area contributed by atoms with E-state index in [-0.39, 0.29) is 19.5 Å². The van der Waals surface area contributed by atoms with Gasteiger partial charge in [0.25, 0.3) is 0 Å². The van der Waals surface area contributed by atoms with Gasteiger partial charge in [-0.1, -0.05) is 19.3 Å². The molecule has 1 saturated carbocycles. The van der Waals surface area contributed by atoms with E-state index in [1.807, 2.05) is 0 Å². The van der Waals surface area contributed by atoms with E-state index in [4.69, 9.17) is 5.26 Å². The van der Waals surface area contributed by atoms with Crippen LogP contribution in [0.5, 0.6) is 0 Å². The molecule has 12 heteroatoms. The summed E-state index contributed by atoms with van der Waals surface area (Å²) in [5, 5.41) is 9.07. The lowest BCUT2D eigenvalue weighted by molar-refractivity contribution is -0.125. The van der Waals surface area contributed by atoms with E-state index in [1.54, 1.807) is 30.7 Å². The smallest absolute Gasteiger partial charge is 0.245 e. The van der Waals surface area contributed by atoms with E-state index in [1.165, 1.54) is 36.4 Å². The number of rotatable bonds is 7. The van der Waals surface area contributed by atoms with Crippen LogP contribution >= 0.6 is 0 Å². The lowest BCUT2D eigenvalue weighted by atomic mass is 9.87. The maximum atomic E-state index is 14.0. The van der Waals surface area contributed by atoms with Crippen molar-refractivity contribution >= 4 is 21.6 Å². The quantitative estimate of drug-likeness (QED) is 0.433. The van der Waals surface area contributed by atoms with Crippen LogP contribution in [0.2, 0.25) is 0 Å². The number of halogens is 2. The predicted molar refractivity (Wildman–Crippen MR) is 137 cm³/mol. The van der Waals surface area contributed by atoms with Gasteiger partial charge in [0.05, 0.1) is 46.5 Å². The van der Waals surface area contributed by atoms with Crippen molar-refractivity contribution in [3.8, 4) is 6.07 Å². The molecule has 2 aromatic heterocycles. The van der Waals surface area contributed by atoms with Crippen LogP contribution in [-0.2, 0) is 21.4 Å². The molecule has 1 amide bonds. The lowest BCUT2D eigenvalue weighted by Crippen LogP contribution is -2.59. The number of amides is 1. The molecule has 1 aromatic carbocycles. The van der Waals surface area contributed by atoms with Crippen molar-refractivity contribution in [2.45, 2.75) is 61.9 Å². The molecule has 3 aromatic rings. The van der Waals surface area contributed by atoms with E-state index in [2.05, 4.69) is 15.0 Å². The number of nitrogens with zero attached hydrogens (tertiary/aromatic N) is 6. The molecular weight excluding hydrogens is 526 g/mol.